The van der Waals surface area contributed by atoms with Crippen LogP contribution in [0.1, 0.15) is 74.6 Å². The highest BCUT2D eigenvalue weighted by Crippen LogP contribution is 2.35. The van der Waals surface area contributed by atoms with Gasteiger partial charge in [0, 0.05) is 37.0 Å². The van der Waals surface area contributed by atoms with Crippen LogP contribution in [-0.2, 0) is 10.4 Å². The van der Waals surface area contributed by atoms with E-state index in [2.05, 4.69) is 25.3 Å². The predicted molar refractivity (Wildman–Crippen MR) is 134 cm³/mol. The topological polar surface area (TPSA) is 126 Å². The summed E-state index contributed by atoms with van der Waals surface area (Å²) in [7, 11) is 2.02. The molecule has 2 N–H and O–H groups in total. The van der Waals surface area contributed by atoms with E-state index in [0.717, 1.165) is 56.2 Å². The predicted octanol–water partition coefficient (Wildman–Crippen LogP) is 3.94. The minimum Gasteiger partial charge on any atom is -0.444 e. The van der Waals surface area contributed by atoms with Gasteiger partial charge in [-0.2, -0.15) is 5.10 Å². The maximum Gasteiger partial charge on any atom is 0.277 e. The van der Waals surface area contributed by atoms with E-state index < -0.39 is 11.5 Å². The van der Waals surface area contributed by atoms with E-state index in [1.807, 2.05) is 13.1 Å². The van der Waals surface area contributed by atoms with Crippen molar-refractivity contribution in [1.29, 1.82) is 0 Å². The van der Waals surface area contributed by atoms with E-state index in [4.69, 9.17) is 4.42 Å². The molecule has 36 heavy (non-hydrogen) atoms. The summed E-state index contributed by atoms with van der Waals surface area (Å²) in [6.07, 6.45) is 11.4. The molecule has 1 amide bonds. The van der Waals surface area contributed by atoms with Crippen molar-refractivity contribution in [2.45, 2.75) is 70.1 Å². The molecule has 0 spiro atoms. The first kappa shape index (κ1) is 24.2. The Morgan fingerprint density at radius 2 is 2.00 bits per heavy atom. The number of carbonyl (C=O) groups is 2. The fourth-order valence-electron chi connectivity index (χ4n) is 4.71. The number of aldehydes is 1. The molecule has 0 bridgehead atoms. The first-order valence-corrected chi connectivity index (χ1v) is 12.5. The van der Waals surface area contributed by atoms with Crippen LogP contribution in [0.3, 0.4) is 0 Å². The molecule has 0 aliphatic heterocycles. The molecule has 0 unspecified atom stereocenters. The SMILES string of the molecule is CN(c1cc(-c2nc(C(=O)Nc3cn(C4CCC(C=O)CC4)nc3C(C)(C)O)co2)ccn1)C1CC1. The van der Waals surface area contributed by atoms with Gasteiger partial charge in [0.15, 0.2) is 5.69 Å². The molecule has 5 rings (SSSR count). The summed E-state index contributed by atoms with van der Waals surface area (Å²) >= 11 is 0. The molecule has 2 fully saturated rings. The highest BCUT2D eigenvalue weighted by atomic mass is 16.3. The Kier molecular flexibility index (Phi) is 6.38. The number of aromatic nitrogens is 4. The molecule has 2 aliphatic rings. The first-order chi connectivity index (χ1) is 17.2. The second-order valence-corrected chi connectivity index (χ2v) is 10.4. The van der Waals surface area contributed by atoms with Gasteiger partial charge >= 0.3 is 0 Å². The van der Waals surface area contributed by atoms with Crippen molar-refractivity contribution in [2.24, 2.45) is 5.92 Å². The van der Waals surface area contributed by atoms with Crippen LogP contribution in [0.2, 0.25) is 0 Å². The van der Waals surface area contributed by atoms with Gasteiger partial charge in [0.25, 0.3) is 5.91 Å². The number of carbonyl (C=O) groups excluding carboxylic acids is 2. The van der Waals surface area contributed by atoms with Crippen molar-refractivity contribution >= 4 is 23.7 Å². The highest BCUT2D eigenvalue weighted by molar-refractivity contribution is 6.03. The standard InChI is InChI=1S/C26H32N6O4/c1-26(2,35)23-20(13-32(30-23)19-6-4-16(14-33)5-7-19)28-24(34)21-15-36-25(29-21)17-10-11-27-22(12-17)31(3)18-8-9-18/h10-16,18-19,35H,4-9H2,1-3H3,(H,28,34). The van der Waals surface area contributed by atoms with Crippen molar-refractivity contribution in [3.8, 4) is 11.5 Å². The summed E-state index contributed by atoms with van der Waals surface area (Å²) in [5.74, 6) is 0.808. The van der Waals surface area contributed by atoms with Gasteiger partial charge in [-0.05, 0) is 64.5 Å². The van der Waals surface area contributed by atoms with E-state index in [0.29, 0.717) is 23.3 Å². The zero-order valence-electron chi connectivity index (χ0n) is 20.8. The normalized spacial score (nSPS) is 20.2. The smallest absolute Gasteiger partial charge is 0.277 e. The average Bonchev–Trinajstić information content (AvgIpc) is 3.43. The van der Waals surface area contributed by atoms with Crippen molar-refractivity contribution in [3.05, 3.63) is 42.2 Å². The Labute approximate surface area is 209 Å². The summed E-state index contributed by atoms with van der Waals surface area (Å²) < 4.78 is 7.42. The molecule has 190 valence electrons. The van der Waals surface area contributed by atoms with E-state index in [9.17, 15) is 14.7 Å². The molecule has 3 heterocycles. The lowest BCUT2D eigenvalue weighted by atomic mass is 9.87. The number of amides is 1. The second-order valence-electron chi connectivity index (χ2n) is 10.4. The van der Waals surface area contributed by atoms with E-state index in [-0.39, 0.29) is 17.7 Å². The summed E-state index contributed by atoms with van der Waals surface area (Å²) in [6.45, 7) is 3.26. The van der Waals surface area contributed by atoms with Gasteiger partial charge in [-0.15, -0.1) is 0 Å². The van der Waals surface area contributed by atoms with Crippen molar-refractivity contribution < 1.29 is 19.1 Å². The number of rotatable bonds is 8. The third-order valence-corrected chi connectivity index (χ3v) is 7.05. The number of hydrogen-bond acceptors (Lipinski definition) is 8. The largest absolute Gasteiger partial charge is 0.444 e. The Morgan fingerprint density at radius 1 is 1.25 bits per heavy atom. The Balaban J connectivity index is 1.33. The minimum atomic E-state index is -1.26. The summed E-state index contributed by atoms with van der Waals surface area (Å²) in [5.41, 5.74) is 0.400. The fourth-order valence-corrected chi connectivity index (χ4v) is 4.71. The Bertz CT molecular complexity index is 1250. The lowest BCUT2D eigenvalue weighted by molar-refractivity contribution is -0.112. The quantitative estimate of drug-likeness (QED) is 0.453. The van der Waals surface area contributed by atoms with E-state index in [1.54, 1.807) is 37.0 Å². The molecule has 0 radical (unpaired) electrons. The van der Waals surface area contributed by atoms with Gasteiger partial charge < -0.3 is 24.5 Å². The third-order valence-electron chi connectivity index (χ3n) is 7.05. The van der Waals surface area contributed by atoms with E-state index >= 15 is 0 Å². The Morgan fingerprint density at radius 3 is 2.67 bits per heavy atom. The average molecular weight is 493 g/mol. The van der Waals surface area contributed by atoms with Crippen LogP contribution in [0, 0.1) is 5.92 Å². The number of nitrogens with zero attached hydrogens (tertiary/aromatic N) is 5. The van der Waals surface area contributed by atoms with E-state index in [1.165, 1.54) is 6.26 Å². The van der Waals surface area contributed by atoms with Gasteiger partial charge in [-0.3, -0.25) is 9.48 Å². The van der Waals surface area contributed by atoms with Crippen molar-refractivity contribution in [2.75, 3.05) is 17.3 Å². The van der Waals surface area contributed by atoms with Gasteiger partial charge in [0.2, 0.25) is 5.89 Å². The fraction of sp³-hybridized carbons (Fsp3) is 0.500. The number of aliphatic hydroxyl groups is 1. The number of nitrogens with one attached hydrogen (secondary N) is 1. The number of anilines is 2. The molecular formula is C26H32N6O4. The maximum absolute atomic E-state index is 13.1. The van der Waals surface area contributed by atoms with Crippen LogP contribution in [-0.4, -0.2) is 50.1 Å². The van der Waals surface area contributed by atoms with Crippen LogP contribution in [0.25, 0.3) is 11.5 Å². The summed E-state index contributed by atoms with van der Waals surface area (Å²) in [6, 6.07) is 4.33. The molecule has 10 nitrogen and oxygen atoms in total. The lowest BCUT2D eigenvalue weighted by Crippen LogP contribution is -2.22. The number of hydrogen-bond donors (Lipinski definition) is 2. The maximum atomic E-state index is 13.1. The number of oxazole rings is 1. The first-order valence-electron chi connectivity index (χ1n) is 12.5. The lowest BCUT2D eigenvalue weighted by Gasteiger charge is -2.25. The van der Waals surface area contributed by atoms with Crippen LogP contribution in [0.4, 0.5) is 11.5 Å². The Hall–Kier alpha value is -3.53. The van der Waals surface area contributed by atoms with Gasteiger partial charge in [0.05, 0.1) is 11.7 Å². The minimum absolute atomic E-state index is 0.0941. The molecule has 0 saturated heterocycles. The third kappa shape index (κ3) is 5.04. The zero-order chi connectivity index (χ0) is 25.4. The van der Waals surface area contributed by atoms with Crippen LogP contribution in [0.15, 0.2) is 35.2 Å². The molecular weight excluding hydrogens is 460 g/mol. The highest BCUT2D eigenvalue weighted by Gasteiger charge is 2.30. The summed E-state index contributed by atoms with van der Waals surface area (Å²) in [4.78, 5) is 35.1. The summed E-state index contributed by atoms with van der Waals surface area (Å²) in [5, 5.41) is 18.2. The second kappa shape index (κ2) is 9.50. The zero-order valence-corrected chi connectivity index (χ0v) is 20.8. The van der Waals surface area contributed by atoms with Gasteiger partial charge in [0.1, 0.15) is 29.7 Å². The molecule has 0 atom stereocenters. The molecule has 2 aliphatic carbocycles. The molecule has 0 aromatic carbocycles. The van der Waals surface area contributed by atoms with Gasteiger partial charge in [-0.1, -0.05) is 0 Å². The van der Waals surface area contributed by atoms with Crippen LogP contribution in [0.5, 0.6) is 0 Å². The molecule has 3 aromatic heterocycles. The van der Waals surface area contributed by atoms with Crippen molar-refractivity contribution in [3.63, 3.8) is 0 Å². The molecule has 10 heteroatoms. The monoisotopic (exact) mass is 492 g/mol. The van der Waals surface area contributed by atoms with Crippen molar-refractivity contribution in [1.82, 2.24) is 19.7 Å². The molecule has 2 saturated carbocycles. The van der Waals surface area contributed by atoms with Crippen LogP contribution >= 0.6 is 0 Å². The van der Waals surface area contributed by atoms with Crippen LogP contribution < -0.4 is 10.2 Å². The molecule has 3 aromatic rings. The number of pyridine rings is 1. The van der Waals surface area contributed by atoms with Gasteiger partial charge in [-0.25, -0.2) is 9.97 Å².